The van der Waals surface area contributed by atoms with Crippen molar-refractivity contribution >= 4 is 25.7 Å². The van der Waals surface area contributed by atoms with E-state index in [4.69, 9.17) is 15.4 Å². The summed E-state index contributed by atoms with van der Waals surface area (Å²) in [6, 6.07) is 5.51. The Hall–Kier alpha value is -1.07. The first-order chi connectivity index (χ1) is 8.84. The highest BCUT2D eigenvalue weighted by Crippen LogP contribution is 2.17. The number of ether oxygens (including phenoxy) is 1. The second-order valence-electron chi connectivity index (χ2n) is 4.46. The molecule has 4 nitrogen and oxygen atoms in total. The van der Waals surface area contributed by atoms with Crippen LogP contribution in [0.5, 0.6) is 0 Å². The molecule has 106 valence electrons. The average molecular weight is 305 g/mol. The molecule has 0 aliphatic rings. The van der Waals surface area contributed by atoms with E-state index in [-0.39, 0.29) is 16.4 Å². The predicted molar refractivity (Wildman–Crippen MR) is 73.8 cm³/mol. The van der Waals surface area contributed by atoms with Gasteiger partial charge < -0.3 is 4.74 Å². The summed E-state index contributed by atoms with van der Waals surface area (Å²) >= 11 is 0. The van der Waals surface area contributed by atoms with E-state index in [2.05, 4.69) is 6.92 Å². The number of halogens is 1. The van der Waals surface area contributed by atoms with Crippen LogP contribution in [0.25, 0.3) is 0 Å². The average Bonchev–Trinajstić information content (AvgIpc) is 2.35. The van der Waals surface area contributed by atoms with Gasteiger partial charge in [0.15, 0.2) is 0 Å². The fourth-order valence-corrected chi connectivity index (χ4v) is 2.45. The zero-order valence-corrected chi connectivity index (χ0v) is 12.5. The normalized spacial score (nSPS) is 13.0. The lowest BCUT2D eigenvalue weighted by molar-refractivity contribution is 0.0443. The lowest BCUT2D eigenvalue weighted by Crippen LogP contribution is -2.12. The van der Waals surface area contributed by atoms with Crippen LogP contribution in [0.15, 0.2) is 29.2 Å². The van der Waals surface area contributed by atoms with Crippen LogP contribution in [-0.4, -0.2) is 21.0 Å². The van der Waals surface area contributed by atoms with E-state index in [0.717, 1.165) is 12.8 Å². The molecule has 0 amide bonds. The van der Waals surface area contributed by atoms with Crippen LogP contribution in [0.3, 0.4) is 0 Å². The van der Waals surface area contributed by atoms with Crippen LogP contribution in [0, 0.1) is 5.92 Å². The highest BCUT2D eigenvalue weighted by molar-refractivity contribution is 8.13. The molecule has 0 aliphatic carbocycles. The van der Waals surface area contributed by atoms with Gasteiger partial charge in [-0.25, -0.2) is 13.2 Å². The Morgan fingerprint density at radius 2 is 2.11 bits per heavy atom. The molecular weight excluding hydrogens is 288 g/mol. The highest BCUT2D eigenvalue weighted by atomic mass is 35.7. The fourth-order valence-electron chi connectivity index (χ4n) is 1.65. The van der Waals surface area contributed by atoms with Crippen LogP contribution in [-0.2, 0) is 13.8 Å². The lowest BCUT2D eigenvalue weighted by atomic mass is 10.1. The van der Waals surface area contributed by atoms with Crippen LogP contribution in [0.2, 0.25) is 0 Å². The number of rotatable bonds is 6. The summed E-state index contributed by atoms with van der Waals surface area (Å²) in [5.41, 5.74) is 0.186. The SMILES string of the molecule is CCCC(C)COC(=O)c1cccc(S(=O)(=O)Cl)c1. The summed E-state index contributed by atoms with van der Waals surface area (Å²) in [5.74, 6) is -0.251. The smallest absolute Gasteiger partial charge is 0.338 e. The Labute approximate surface area is 118 Å². The summed E-state index contributed by atoms with van der Waals surface area (Å²) < 4.78 is 27.5. The molecule has 6 heteroatoms. The quantitative estimate of drug-likeness (QED) is 0.598. The van der Waals surface area contributed by atoms with E-state index in [0.29, 0.717) is 6.61 Å². The van der Waals surface area contributed by atoms with Gasteiger partial charge in [-0.05, 0) is 30.5 Å². The number of esters is 1. The molecule has 1 aromatic rings. The van der Waals surface area contributed by atoms with Crippen LogP contribution < -0.4 is 0 Å². The predicted octanol–water partition coefficient (Wildman–Crippen LogP) is 3.21. The molecule has 0 N–H and O–H groups in total. The molecule has 0 bridgehead atoms. The van der Waals surface area contributed by atoms with Gasteiger partial charge >= 0.3 is 5.97 Å². The van der Waals surface area contributed by atoms with E-state index < -0.39 is 15.0 Å². The largest absolute Gasteiger partial charge is 0.462 e. The summed E-state index contributed by atoms with van der Waals surface area (Å²) in [6.07, 6.45) is 2.00. The summed E-state index contributed by atoms with van der Waals surface area (Å²) in [7, 11) is 1.39. The number of hydrogen-bond donors (Lipinski definition) is 0. The van der Waals surface area contributed by atoms with Gasteiger partial charge in [0.1, 0.15) is 0 Å². The maximum absolute atomic E-state index is 11.8. The molecule has 19 heavy (non-hydrogen) atoms. The Bertz CT molecular complexity index is 539. The van der Waals surface area contributed by atoms with Gasteiger partial charge in [0.05, 0.1) is 17.1 Å². The van der Waals surface area contributed by atoms with Crippen LogP contribution in [0.1, 0.15) is 37.0 Å². The van der Waals surface area contributed by atoms with Crippen molar-refractivity contribution in [3.63, 3.8) is 0 Å². The summed E-state index contributed by atoms with van der Waals surface area (Å²) in [6.45, 7) is 4.38. The van der Waals surface area contributed by atoms with Gasteiger partial charge in [-0.1, -0.05) is 26.3 Å². The van der Waals surface area contributed by atoms with Gasteiger partial charge in [-0.3, -0.25) is 0 Å². The molecule has 0 heterocycles. The van der Waals surface area contributed by atoms with E-state index in [1.54, 1.807) is 0 Å². The zero-order valence-electron chi connectivity index (χ0n) is 10.9. The summed E-state index contributed by atoms with van der Waals surface area (Å²) in [5, 5.41) is 0. The van der Waals surface area contributed by atoms with Crippen LogP contribution in [0.4, 0.5) is 0 Å². The van der Waals surface area contributed by atoms with Crippen molar-refractivity contribution in [2.45, 2.75) is 31.6 Å². The van der Waals surface area contributed by atoms with E-state index in [1.807, 2.05) is 6.92 Å². The molecule has 0 aliphatic heterocycles. The molecule has 1 aromatic carbocycles. The Morgan fingerprint density at radius 3 is 2.68 bits per heavy atom. The maximum atomic E-state index is 11.8. The number of hydrogen-bond acceptors (Lipinski definition) is 4. The third kappa shape index (κ3) is 5.20. The van der Waals surface area contributed by atoms with Crippen molar-refractivity contribution in [3.05, 3.63) is 29.8 Å². The molecular formula is C13H17ClO4S. The lowest BCUT2D eigenvalue weighted by Gasteiger charge is -2.11. The third-order valence-corrected chi connectivity index (χ3v) is 3.98. The van der Waals surface area contributed by atoms with Crippen LogP contribution >= 0.6 is 10.7 Å². The zero-order chi connectivity index (χ0) is 14.5. The van der Waals surface area contributed by atoms with E-state index >= 15 is 0 Å². The van der Waals surface area contributed by atoms with Gasteiger partial charge in [0, 0.05) is 10.7 Å². The maximum Gasteiger partial charge on any atom is 0.338 e. The molecule has 0 fully saturated rings. The molecule has 0 spiro atoms. The van der Waals surface area contributed by atoms with E-state index in [9.17, 15) is 13.2 Å². The molecule has 1 rings (SSSR count). The third-order valence-electron chi connectivity index (χ3n) is 2.63. The first-order valence-corrected chi connectivity index (χ1v) is 8.37. The number of benzene rings is 1. The van der Waals surface area contributed by atoms with Crippen molar-refractivity contribution in [2.24, 2.45) is 5.92 Å². The van der Waals surface area contributed by atoms with Crippen molar-refractivity contribution in [2.75, 3.05) is 6.61 Å². The minimum Gasteiger partial charge on any atom is -0.462 e. The minimum absolute atomic E-state index is 0.106. The Morgan fingerprint density at radius 1 is 1.42 bits per heavy atom. The van der Waals surface area contributed by atoms with Crippen molar-refractivity contribution in [1.82, 2.24) is 0 Å². The van der Waals surface area contributed by atoms with Crippen molar-refractivity contribution < 1.29 is 17.9 Å². The van der Waals surface area contributed by atoms with Crippen molar-refractivity contribution in [3.8, 4) is 0 Å². The topological polar surface area (TPSA) is 60.4 Å². The minimum atomic E-state index is -3.83. The molecule has 0 radical (unpaired) electrons. The Balaban J connectivity index is 2.73. The first kappa shape index (κ1) is 16.0. The second-order valence-corrected chi connectivity index (χ2v) is 7.02. The second kappa shape index (κ2) is 6.91. The monoisotopic (exact) mass is 304 g/mol. The van der Waals surface area contributed by atoms with Gasteiger partial charge in [0.25, 0.3) is 9.05 Å². The standard InChI is InChI=1S/C13H17ClO4S/c1-3-5-10(2)9-18-13(15)11-6-4-7-12(8-11)19(14,16)17/h4,6-8,10H,3,5,9H2,1-2H3. The molecule has 0 aromatic heterocycles. The highest BCUT2D eigenvalue weighted by Gasteiger charge is 2.14. The van der Waals surface area contributed by atoms with Crippen molar-refractivity contribution in [1.29, 1.82) is 0 Å². The molecule has 1 unspecified atom stereocenters. The van der Waals surface area contributed by atoms with Gasteiger partial charge in [-0.15, -0.1) is 0 Å². The number of carbonyl (C=O) groups excluding carboxylic acids is 1. The summed E-state index contributed by atoms with van der Waals surface area (Å²) in [4.78, 5) is 11.7. The van der Waals surface area contributed by atoms with E-state index in [1.165, 1.54) is 24.3 Å². The van der Waals surface area contributed by atoms with Gasteiger partial charge in [-0.2, -0.15) is 0 Å². The first-order valence-electron chi connectivity index (χ1n) is 6.06. The van der Waals surface area contributed by atoms with Gasteiger partial charge in [0.2, 0.25) is 0 Å². The molecule has 1 atom stereocenters. The Kier molecular flexibility index (Phi) is 5.82. The fraction of sp³-hybridized carbons (Fsp3) is 0.462. The molecule has 0 saturated carbocycles. The number of carbonyl (C=O) groups is 1. The molecule has 0 saturated heterocycles.